The molecule has 1 unspecified atom stereocenters. The molecule has 110 valence electrons. The zero-order chi connectivity index (χ0) is 14.5. The fourth-order valence-corrected chi connectivity index (χ4v) is 2.86. The van der Waals surface area contributed by atoms with Crippen LogP contribution in [0.1, 0.15) is 47.9 Å². The number of amides is 1. The second kappa shape index (κ2) is 6.84. The van der Waals surface area contributed by atoms with Crippen molar-refractivity contribution in [2.45, 2.75) is 46.1 Å². The number of aryl methyl sites for hydroxylation is 2. The topological polar surface area (TPSA) is 45.2 Å². The van der Waals surface area contributed by atoms with Crippen molar-refractivity contribution in [2.75, 3.05) is 19.6 Å². The van der Waals surface area contributed by atoms with Gasteiger partial charge in [-0.05, 0) is 51.8 Å². The molecule has 1 aromatic rings. The monoisotopic (exact) mass is 275 g/mol. The first-order valence-corrected chi connectivity index (χ1v) is 7.59. The Morgan fingerprint density at radius 3 is 2.85 bits per heavy atom. The minimum absolute atomic E-state index is 0.130. The average molecular weight is 275 g/mol. The van der Waals surface area contributed by atoms with Gasteiger partial charge < -0.3 is 10.2 Å². The lowest BCUT2D eigenvalue weighted by atomic mass is 10.0. The van der Waals surface area contributed by atoms with Crippen LogP contribution >= 0.6 is 0 Å². The second-order valence-electron chi connectivity index (χ2n) is 5.58. The van der Waals surface area contributed by atoms with E-state index in [2.05, 4.69) is 17.2 Å². The summed E-state index contributed by atoms with van der Waals surface area (Å²) < 4.78 is 0. The molecule has 0 saturated carbocycles. The van der Waals surface area contributed by atoms with Crippen LogP contribution in [0.3, 0.4) is 0 Å². The van der Waals surface area contributed by atoms with E-state index in [1.165, 1.54) is 0 Å². The van der Waals surface area contributed by atoms with Gasteiger partial charge in [-0.25, -0.2) is 0 Å². The number of aromatic nitrogens is 1. The standard InChI is InChI=1S/C16H25N3O/c1-4-10-19(14-6-5-9-17-11-14)16(20)15-8-7-12(2)18-13(15)3/h7-8,14,17H,4-6,9-11H2,1-3H3. The largest absolute Gasteiger partial charge is 0.334 e. The average Bonchev–Trinajstić information content (AvgIpc) is 2.45. The number of hydrogen-bond donors (Lipinski definition) is 1. The Balaban J connectivity index is 2.21. The molecule has 1 aliphatic rings. The highest BCUT2D eigenvalue weighted by molar-refractivity contribution is 5.95. The van der Waals surface area contributed by atoms with Gasteiger partial charge in [-0.15, -0.1) is 0 Å². The minimum atomic E-state index is 0.130. The smallest absolute Gasteiger partial charge is 0.255 e. The predicted molar refractivity (Wildman–Crippen MR) is 80.9 cm³/mol. The van der Waals surface area contributed by atoms with Gasteiger partial charge in [-0.1, -0.05) is 6.92 Å². The summed E-state index contributed by atoms with van der Waals surface area (Å²) in [6, 6.07) is 4.15. The number of rotatable bonds is 4. The van der Waals surface area contributed by atoms with Crippen molar-refractivity contribution in [1.82, 2.24) is 15.2 Å². The highest BCUT2D eigenvalue weighted by atomic mass is 16.2. The van der Waals surface area contributed by atoms with Crippen molar-refractivity contribution < 1.29 is 4.79 Å². The molecule has 1 saturated heterocycles. The van der Waals surface area contributed by atoms with Crippen LogP contribution in [0.4, 0.5) is 0 Å². The van der Waals surface area contributed by atoms with E-state index in [0.29, 0.717) is 6.04 Å². The number of carbonyl (C=O) groups is 1. The van der Waals surface area contributed by atoms with Crippen molar-refractivity contribution >= 4 is 5.91 Å². The fraction of sp³-hybridized carbons (Fsp3) is 0.625. The summed E-state index contributed by atoms with van der Waals surface area (Å²) in [5.41, 5.74) is 2.54. The van der Waals surface area contributed by atoms with Gasteiger partial charge in [0.1, 0.15) is 0 Å². The zero-order valence-electron chi connectivity index (χ0n) is 12.8. The Bertz CT molecular complexity index is 467. The Morgan fingerprint density at radius 2 is 2.25 bits per heavy atom. The van der Waals surface area contributed by atoms with E-state index in [9.17, 15) is 4.79 Å². The van der Waals surface area contributed by atoms with Crippen molar-refractivity contribution in [2.24, 2.45) is 0 Å². The Kier molecular flexibility index (Phi) is 5.12. The molecule has 0 aromatic carbocycles. The molecule has 0 spiro atoms. The van der Waals surface area contributed by atoms with Crippen LogP contribution in [0.2, 0.25) is 0 Å². The summed E-state index contributed by atoms with van der Waals surface area (Å²) in [4.78, 5) is 19.3. The van der Waals surface area contributed by atoms with E-state index in [0.717, 1.165) is 55.8 Å². The van der Waals surface area contributed by atoms with Gasteiger partial charge in [-0.2, -0.15) is 0 Å². The number of piperidine rings is 1. The van der Waals surface area contributed by atoms with Crippen LogP contribution in [0.15, 0.2) is 12.1 Å². The predicted octanol–water partition coefficient (Wildman–Crippen LogP) is 2.30. The minimum Gasteiger partial charge on any atom is -0.334 e. The third-order valence-electron chi connectivity index (χ3n) is 3.89. The van der Waals surface area contributed by atoms with Gasteiger partial charge in [0.2, 0.25) is 0 Å². The first-order chi connectivity index (χ1) is 9.63. The highest BCUT2D eigenvalue weighted by Gasteiger charge is 2.26. The lowest BCUT2D eigenvalue weighted by Gasteiger charge is -2.35. The van der Waals surface area contributed by atoms with Crippen LogP contribution < -0.4 is 5.32 Å². The van der Waals surface area contributed by atoms with E-state index in [-0.39, 0.29) is 5.91 Å². The molecular weight excluding hydrogens is 250 g/mol. The third kappa shape index (κ3) is 3.37. The summed E-state index contributed by atoms with van der Waals surface area (Å²) in [5.74, 6) is 0.130. The van der Waals surface area contributed by atoms with Crippen molar-refractivity contribution in [1.29, 1.82) is 0 Å². The quantitative estimate of drug-likeness (QED) is 0.917. The lowest BCUT2D eigenvalue weighted by molar-refractivity contribution is 0.0647. The molecule has 2 heterocycles. The molecule has 20 heavy (non-hydrogen) atoms. The molecule has 1 atom stereocenters. The highest BCUT2D eigenvalue weighted by Crippen LogP contribution is 2.17. The maximum atomic E-state index is 12.8. The SMILES string of the molecule is CCCN(C(=O)c1ccc(C)nc1C)C1CCCNC1. The molecule has 1 fully saturated rings. The van der Waals surface area contributed by atoms with Gasteiger partial charge in [0, 0.05) is 24.8 Å². The summed E-state index contributed by atoms with van der Waals surface area (Å²) in [6.45, 7) is 8.79. The number of hydrogen-bond acceptors (Lipinski definition) is 3. The zero-order valence-corrected chi connectivity index (χ0v) is 12.8. The molecule has 0 radical (unpaired) electrons. The number of nitrogens with one attached hydrogen (secondary N) is 1. The van der Waals surface area contributed by atoms with Crippen molar-refractivity contribution in [3.05, 3.63) is 29.1 Å². The molecule has 1 aliphatic heterocycles. The Morgan fingerprint density at radius 1 is 1.45 bits per heavy atom. The molecule has 2 rings (SSSR count). The van der Waals surface area contributed by atoms with Crippen LogP contribution in [0.5, 0.6) is 0 Å². The normalized spacial score (nSPS) is 18.9. The molecule has 1 amide bonds. The molecule has 4 nitrogen and oxygen atoms in total. The van der Waals surface area contributed by atoms with Crippen molar-refractivity contribution in [3.63, 3.8) is 0 Å². The van der Waals surface area contributed by atoms with Crippen molar-refractivity contribution in [3.8, 4) is 0 Å². The molecule has 0 aliphatic carbocycles. The molecular formula is C16H25N3O. The Hall–Kier alpha value is -1.42. The number of nitrogens with zero attached hydrogens (tertiary/aromatic N) is 2. The van der Waals surface area contributed by atoms with Crippen LogP contribution in [0, 0.1) is 13.8 Å². The second-order valence-corrected chi connectivity index (χ2v) is 5.58. The summed E-state index contributed by atoms with van der Waals surface area (Å²) in [6.07, 6.45) is 3.22. The van der Waals surface area contributed by atoms with E-state index in [1.54, 1.807) is 0 Å². The number of carbonyl (C=O) groups excluding carboxylic acids is 1. The van der Waals surface area contributed by atoms with Gasteiger partial charge in [-0.3, -0.25) is 9.78 Å². The van der Waals surface area contributed by atoms with Crippen LogP contribution in [0.25, 0.3) is 0 Å². The molecule has 1 aromatic heterocycles. The molecule has 0 bridgehead atoms. The Labute approximate surface area is 121 Å². The lowest BCUT2D eigenvalue weighted by Crippen LogP contribution is -2.49. The van der Waals surface area contributed by atoms with Crippen LogP contribution in [-0.4, -0.2) is 41.5 Å². The maximum Gasteiger partial charge on any atom is 0.255 e. The fourth-order valence-electron chi connectivity index (χ4n) is 2.86. The van der Waals surface area contributed by atoms with E-state index >= 15 is 0 Å². The maximum absolute atomic E-state index is 12.8. The van der Waals surface area contributed by atoms with E-state index in [4.69, 9.17) is 0 Å². The third-order valence-corrected chi connectivity index (χ3v) is 3.89. The van der Waals surface area contributed by atoms with Gasteiger partial charge in [0.15, 0.2) is 0 Å². The van der Waals surface area contributed by atoms with Gasteiger partial charge >= 0.3 is 0 Å². The van der Waals surface area contributed by atoms with E-state index in [1.807, 2.05) is 30.9 Å². The first-order valence-electron chi connectivity index (χ1n) is 7.59. The summed E-state index contributed by atoms with van der Waals surface area (Å²) >= 11 is 0. The van der Waals surface area contributed by atoms with E-state index < -0.39 is 0 Å². The molecule has 1 N–H and O–H groups in total. The molecule has 4 heteroatoms. The number of pyridine rings is 1. The summed E-state index contributed by atoms with van der Waals surface area (Å²) in [5, 5.41) is 3.39. The van der Waals surface area contributed by atoms with Gasteiger partial charge in [0.05, 0.1) is 11.3 Å². The summed E-state index contributed by atoms with van der Waals surface area (Å²) in [7, 11) is 0. The van der Waals surface area contributed by atoms with Crippen LogP contribution in [-0.2, 0) is 0 Å². The first kappa shape index (κ1) is 15.0. The van der Waals surface area contributed by atoms with Gasteiger partial charge in [0.25, 0.3) is 5.91 Å².